The zero-order valence-corrected chi connectivity index (χ0v) is 18.2. The second kappa shape index (κ2) is 7.60. The molecule has 0 atom stereocenters. The van der Waals surface area contributed by atoms with Gasteiger partial charge in [0.05, 0.1) is 5.02 Å². The molecule has 148 valence electrons. The van der Waals surface area contributed by atoms with Gasteiger partial charge in [0.15, 0.2) is 5.58 Å². The van der Waals surface area contributed by atoms with Gasteiger partial charge in [-0.2, -0.15) is 0 Å². The van der Waals surface area contributed by atoms with Crippen molar-refractivity contribution in [3.63, 3.8) is 0 Å². The van der Waals surface area contributed by atoms with Crippen molar-refractivity contribution in [3.05, 3.63) is 80.6 Å². The van der Waals surface area contributed by atoms with Crippen molar-refractivity contribution in [3.8, 4) is 11.5 Å². The predicted molar refractivity (Wildman–Crippen MR) is 124 cm³/mol. The summed E-state index contributed by atoms with van der Waals surface area (Å²) in [7, 11) is 0. The van der Waals surface area contributed by atoms with Crippen LogP contribution >= 0.6 is 46.1 Å². The van der Waals surface area contributed by atoms with Crippen LogP contribution in [-0.2, 0) is 0 Å². The van der Waals surface area contributed by atoms with Gasteiger partial charge in [-0.25, -0.2) is 4.98 Å². The minimum atomic E-state index is -0.293. The summed E-state index contributed by atoms with van der Waals surface area (Å²) in [5.74, 6) is 0.150. The molecule has 0 bridgehead atoms. The number of halogens is 3. The summed E-state index contributed by atoms with van der Waals surface area (Å²) in [6.07, 6.45) is 0. The summed E-state index contributed by atoms with van der Waals surface area (Å²) in [4.78, 5) is 17.7. The maximum Gasteiger partial charge on any atom is 0.267 e. The van der Waals surface area contributed by atoms with Crippen LogP contribution in [0.4, 0.5) is 5.69 Å². The Balaban J connectivity index is 1.45. The Kier molecular flexibility index (Phi) is 4.91. The van der Waals surface area contributed by atoms with Crippen LogP contribution in [0.15, 0.2) is 65.1 Å². The van der Waals surface area contributed by atoms with Gasteiger partial charge in [0.1, 0.15) is 10.4 Å². The SMILES string of the molecule is O=C(Nc1cccc(-c2nc3cc(Cl)ccc3o2)c1)c1sc2cc(Cl)ccc2c1Cl. The molecule has 0 aliphatic heterocycles. The first-order chi connectivity index (χ1) is 14.5. The molecule has 0 spiro atoms. The molecule has 0 saturated heterocycles. The van der Waals surface area contributed by atoms with Gasteiger partial charge >= 0.3 is 0 Å². The molecule has 0 saturated carbocycles. The number of fused-ring (bicyclic) bond motifs is 2. The fourth-order valence-electron chi connectivity index (χ4n) is 3.13. The second-order valence-electron chi connectivity index (χ2n) is 6.55. The van der Waals surface area contributed by atoms with Crippen LogP contribution in [0, 0.1) is 0 Å². The zero-order chi connectivity index (χ0) is 20.8. The second-order valence-corrected chi connectivity index (χ2v) is 8.85. The molecule has 0 unspecified atom stereocenters. The maximum absolute atomic E-state index is 12.8. The lowest BCUT2D eigenvalue weighted by atomic mass is 10.2. The molecule has 1 amide bonds. The molecule has 5 aromatic rings. The van der Waals surface area contributed by atoms with Crippen LogP contribution in [0.25, 0.3) is 32.6 Å². The molecular weight excluding hydrogens is 463 g/mol. The monoisotopic (exact) mass is 472 g/mol. The normalized spacial score (nSPS) is 11.3. The van der Waals surface area contributed by atoms with Crippen molar-refractivity contribution in [2.75, 3.05) is 5.32 Å². The third kappa shape index (κ3) is 3.55. The summed E-state index contributed by atoms with van der Waals surface area (Å²) in [6.45, 7) is 0. The number of thiophene rings is 1. The summed E-state index contributed by atoms with van der Waals surface area (Å²) < 4.78 is 6.67. The number of anilines is 1. The number of carbonyl (C=O) groups is 1. The molecule has 5 rings (SSSR count). The van der Waals surface area contributed by atoms with E-state index in [0.717, 1.165) is 15.6 Å². The molecule has 2 aromatic heterocycles. The fourth-order valence-corrected chi connectivity index (χ4v) is 4.98. The molecule has 1 N–H and O–H groups in total. The van der Waals surface area contributed by atoms with Gasteiger partial charge in [-0.15, -0.1) is 11.3 Å². The van der Waals surface area contributed by atoms with Gasteiger partial charge in [-0.05, 0) is 48.5 Å². The van der Waals surface area contributed by atoms with E-state index >= 15 is 0 Å². The highest BCUT2D eigenvalue weighted by Gasteiger charge is 2.18. The molecule has 0 aliphatic carbocycles. The molecule has 0 fully saturated rings. The van der Waals surface area contributed by atoms with Crippen LogP contribution in [0.1, 0.15) is 9.67 Å². The van der Waals surface area contributed by atoms with E-state index in [1.165, 1.54) is 11.3 Å². The first kappa shape index (κ1) is 19.4. The lowest BCUT2D eigenvalue weighted by Crippen LogP contribution is -2.10. The largest absolute Gasteiger partial charge is 0.436 e. The van der Waals surface area contributed by atoms with Crippen LogP contribution in [0.2, 0.25) is 15.1 Å². The number of oxazole rings is 1. The van der Waals surface area contributed by atoms with Crippen LogP contribution in [0.5, 0.6) is 0 Å². The molecule has 8 heteroatoms. The number of amides is 1. The molecule has 30 heavy (non-hydrogen) atoms. The zero-order valence-electron chi connectivity index (χ0n) is 15.1. The van der Waals surface area contributed by atoms with E-state index < -0.39 is 0 Å². The number of hydrogen-bond donors (Lipinski definition) is 1. The van der Waals surface area contributed by atoms with E-state index in [2.05, 4.69) is 10.3 Å². The molecule has 0 aliphatic rings. The van der Waals surface area contributed by atoms with E-state index in [4.69, 9.17) is 39.2 Å². The Labute approximate surface area is 190 Å². The smallest absolute Gasteiger partial charge is 0.267 e. The summed E-state index contributed by atoms with van der Waals surface area (Å²) in [5.41, 5.74) is 2.64. The highest BCUT2D eigenvalue weighted by atomic mass is 35.5. The van der Waals surface area contributed by atoms with E-state index in [1.807, 2.05) is 18.2 Å². The quantitative estimate of drug-likeness (QED) is 0.289. The van der Waals surface area contributed by atoms with E-state index in [9.17, 15) is 4.79 Å². The Morgan fingerprint density at radius 2 is 1.77 bits per heavy atom. The van der Waals surface area contributed by atoms with E-state index in [-0.39, 0.29) is 5.91 Å². The summed E-state index contributed by atoms with van der Waals surface area (Å²) >= 11 is 19.8. The van der Waals surface area contributed by atoms with E-state index in [1.54, 1.807) is 42.5 Å². The van der Waals surface area contributed by atoms with Crippen LogP contribution < -0.4 is 5.32 Å². The Morgan fingerprint density at radius 1 is 0.967 bits per heavy atom. The van der Waals surface area contributed by atoms with Gasteiger partial charge in [-0.3, -0.25) is 4.79 Å². The average molecular weight is 474 g/mol. The molecule has 0 radical (unpaired) electrons. The van der Waals surface area contributed by atoms with Crippen molar-refractivity contribution in [2.24, 2.45) is 0 Å². The highest BCUT2D eigenvalue weighted by molar-refractivity contribution is 7.21. The average Bonchev–Trinajstić information content (AvgIpc) is 3.29. The van der Waals surface area contributed by atoms with Crippen molar-refractivity contribution in [1.82, 2.24) is 4.98 Å². The third-order valence-corrected chi connectivity index (χ3v) is 6.64. The predicted octanol–water partition coefficient (Wildman–Crippen LogP) is 7.92. The maximum atomic E-state index is 12.8. The molecule has 3 aromatic carbocycles. The molecule has 4 nitrogen and oxygen atoms in total. The Bertz CT molecular complexity index is 1440. The Morgan fingerprint density at radius 3 is 2.63 bits per heavy atom. The summed E-state index contributed by atoms with van der Waals surface area (Å²) in [5, 5.41) is 5.29. The number of nitrogens with one attached hydrogen (secondary N) is 1. The van der Waals surface area contributed by atoms with Crippen molar-refractivity contribution < 1.29 is 9.21 Å². The van der Waals surface area contributed by atoms with Gasteiger partial charge in [0.2, 0.25) is 5.89 Å². The molecular formula is C22H11Cl3N2O2S. The fraction of sp³-hybridized carbons (Fsp3) is 0. The minimum absolute atomic E-state index is 0.293. The van der Waals surface area contributed by atoms with Crippen molar-refractivity contribution >= 4 is 78.9 Å². The van der Waals surface area contributed by atoms with Crippen molar-refractivity contribution in [1.29, 1.82) is 0 Å². The van der Waals surface area contributed by atoms with Gasteiger partial charge in [0.25, 0.3) is 5.91 Å². The van der Waals surface area contributed by atoms with Gasteiger partial charge < -0.3 is 9.73 Å². The number of nitrogens with zero attached hydrogens (tertiary/aromatic N) is 1. The first-order valence-electron chi connectivity index (χ1n) is 8.83. The van der Waals surface area contributed by atoms with Gasteiger partial charge in [0, 0.05) is 31.4 Å². The van der Waals surface area contributed by atoms with Crippen LogP contribution in [0.3, 0.4) is 0 Å². The van der Waals surface area contributed by atoms with E-state index in [0.29, 0.717) is 42.6 Å². The number of carbonyl (C=O) groups excluding carboxylic acids is 1. The number of benzene rings is 3. The number of hydrogen-bond acceptors (Lipinski definition) is 4. The minimum Gasteiger partial charge on any atom is -0.436 e. The number of rotatable bonds is 3. The standard InChI is InChI=1S/C22H11Cl3N2O2S/c23-12-5-7-17-16(9-12)27-22(29-17)11-2-1-3-14(8-11)26-21(28)20-19(25)15-6-4-13(24)10-18(15)30-20/h1-10H,(H,26,28). The number of aromatic nitrogens is 1. The molecule has 2 heterocycles. The van der Waals surface area contributed by atoms with Crippen molar-refractivity contribution in [2.45, 2.75) is 0 Å². The topological polar surface area (TPSA) is 55.1 Å². The summed E-state index contributed by atoms with van der Waals surface area (Å²) in [6, 6.07) is 17.9. The lowest BCUT2D eigenvalue weighted by molar-refractivity contribution is 0.103. The third-order valence-electron chi connectivity index (χ3n) is 4.51. The lowest BCUT2D eigenvalue weighted by Gasteiger charge is -2.05. The van der Waals surface area contributed by atoms with Gasteiger partial charge in [-0.1, -0.05) is 46.9 Å². The first-order valence-corrected chi connectivity index (χ1v) is 10.8. The Hall–Kier alpha value is -2.57. The highest BCUT2D eigenvalue weighted by Crippen LogP contribution is 2.37. The van der Waals surface area contributed by atoms with Crippen LogP contribution in [-0.4, -0.2) is 10.9 Å².